The number of aromatic nitrogens is 2. The summed E-state index contributed by atoms with van der Waals surface area (Å²) >= 11 is 3.25. The standard InChI is InChI=1S/C10H9BrN2O4S/c1-17-10(14)7-9(18(2,15)16)12-8-6(11)4-3-5-13(7)8/h3-5H,1-2H3. The molecule has 2 heterocycles. The van der Waals surface area contributed by atoms with Crippen molar-refractivity contribution in [2.24, 2.45) is 0 Å². The molecule has 0 unspecified atom stereocenters. The maximum absolute atomic E-state index is 11.7. The van der Waals surface area contributed by atoms with E-state index in [2.05, 4.69) is 25.7 Å². The predicted molar refractivity (Wildman–Crippen MR) is 67.3 cm³/mol. The first-order valence-corrected chi connectivity index (χ1v) is 7.49. The van der Waals surface area contributed by atoms with Crippen LogP contribution in [0, 0.1) is 0 Å². The molecule has 0 saturated carbocycles. The number of ether oxygens (including phenoxy) is 1. The molecule has 0 N–H and O–H groups in total. The van der Waals surface area contributed by atoms with Gasteiger partial charge in [0, 0.05) is 12.5 Å². The van der Waals surface area contributed by atoms with Crippen molar-refractivity contribution in [2.75, 3.05) is 13.4 Å². The number of fused-ring (bicyclic) bond motifs is 1. The molecule has 0 saturated heterocycles. The van der Waals surface area contributed by atoms with Gasteiger partial charge in [-0.15, -0.1) is 0 Å². The molecule has 2 rings (SSSR count). The topological polar surface area (TPSA) is 77.7 Å². The molecule has 96 valence electrons. The van der Waals surface area contributed by atoms with Crippen LogP contribution >= 0.6 is 15.9 Å². The Kier molecular flexibility index (Phi) is 3.16. The monoisotopic (exact) mass is 332 g/mol. The number of methoxy groups -OCH3 is 1. The molecule has 8 heteroatoms. The maximum Gasteiger partial charge on any atom is 0.358 e. The van der Waals surface area contributed by atoms with Crippen LogP contribution in [-0.4, -0.2) is 37.1 Å². The van der Waals surface area contributed by atoms with Crippen LogP contribution in [0.2, 0.25) is 0 Å². The van der Waals surface area contributed by atoms with Gasteiger partial charge in [-0.1, -0.05) is 0 Å². The van der Waals surface area contributed by atoms with E-state index in [1.54, 1.807) is 18.3 Å². The van der Waals surface area contributed by atoms with Gasteiger partial charge in [0.15, 0.2) is 26.2 Å². The molecule has 6 nitrogen and oxygen atoms in total. The molecule has 0 aliphatic heterocycles. The average molecular weight is 333 g/mol. The smallest absolute Gasteiger partial charge is 0.358 e. The summed E-state index contributed by atoms with van der Waals surface area (Å²) in [5.41, 5.74) is 0.245. The lowest BCUT2D eigenvalue weighted by Gasteiger charge is -2.01. The second kappa shape index (κ2) is 4.36. The van der Waals surface area contributed by atoms with Gasteiger partial charge in [-0.3, -0.25) is 4.40 Å². The Morgan fingerprint density at radius 2 is 2.17 bits per heavy atom. The summed E-state index contributed by atoms with van der Waals surface area (Å²) in [5.74, 6) is -0.749. The second-order valence-corrected chi connectivity index (χ2v) is 6.36. The van der Waals surface area contributed by atoms with E-state index in [-0.39, 0.29) is 10.7 Å². The molecule has 18 heavy (non-hydrogen) atoms. The van der Waals surface area contributed by atoms with Crippen molar-refractivity contribution in [3.8, 4) is 0 Å². The van der Waals surface area contributed by atoms with Crippen LogP contribution in [0.15, 0.2) is 27.8 Å². The summed E-state index contributed by atoms with van der Waals surface area (Å²) in [7, 11) is -2.43. The quantitative estimate of drug-likeness (QED) is 0.774. The van der Waals surface area contributed by atoms with E-state index >= 15 is 0 Å². The zero-order chi connectivity index (χ0) is 13.5. The van der Waals surface area contributed by atoms with E-state index in [4.69, 9.17) is 0 Å². The summed E-state index contributed by atoms with van der Waals surface area (Å²) in [6.45, 7) is 0. The Morgan fingerprint density at radius 3 is 2.72 bits per heavy atom. The van der Waals surface area contributed by atoms with Crippen LogP contribution in [0.3, 0.4) is 0 Å². The molecule has 0 amide bonds. The molecule has 0 aliphatic rings. The third-order valence-corrected chi connectivity index (χ3v) is 3.91. The van der Waals surface area contributed by atoms with Gasteiger partial charge in [-0.2, -0.15) is 0 Å². The Balaban J connectivity index is 2.94. The van der Waals surface area contributed by atoms with Crippen LogP contribution < -0.4 is 0 Å². The fourth-order valence-electron chi connectivity index (χ4n) is 1.55. The van der Waals surface area contributed by atoms with E-state index in [1.165, 1.54) is 11.5 Å². The molecule has 0 spiro atoms. The van der Waals surface area contributed by atoms with Gasteiger partial charge < -0.3 is 4.74 Å². The zero-order valence-electron chi connectivity index (χ0n) is 9.55. The van der Waals surface area contributed by atoms with Gasteiger partial charge in [-0.25, -0.2) is 18.2 Å². The second-order valence-electron chi connectivity index (χ2n) is 3.58. The Hall–Kier alpha value is -1.41. The fourth-order valence-corrected chi connectivity index (χ4v) is 2.77. The minimum Gasteiger partial charge on any atom is -0.464 e. The number of carbonyl (C=O) groups excluding carboxylic acids is 1. The van der Waals surface area contributed by atoms with E-state index in [9.17, 15) is 13.2 Å². The van der Waals surface area contributed by atoms with Gasteiger partial charge in [0.25, 0.3) is 0 Å². The highest BCUT2D eigenvalue weighted by molar-refractivity contribution is 9.10. The van der Waals surface area contributed by atoms with Crippen molar-refractivity contribution < 1.29 is 17.9 Å². The summed E-state index contributed by atoms with van der Waals surface area (Å²) in [6.07, 6.45) is 2.54. The number of nitrogens with zero attached hydrogens (tertiary/aromatic N) is 2. The number of rotatable bonds is 2. The van der Waals surface area contributed by atoms with Crippen molar-refractivity contribution in [3.05, 3.63) is 28.5 Å². The molecular formula is C10H9BrN2O4S. The summed E-state index contributed by atoms with van der Waals surface area (Å²) < 4.78 is 29.9. The van der Waals surface area contributed by atoms with E-state index in [0.717, 1.165) is 6.26 Å². The molecule has 0 fully saturated rings. The minimum absolute atomic E-state index is 0.101. The van der Waals surface area contributed by atoms with Crippen molar-refractivity contribution >= 4 is 37.4 Å². The zero-order valence-corrected chi connectivity index (χ0v) is 11.9. The maximum atomic E-state index is 11.7. The fraction of sp³-hybridized carbons (Fsp3) is 0.200. The van der Waals surface area contributed by atoms with Gasteiger partial charge in [0.2, 0.25) is 0 Å². The number of sulfone groups is 1. The number of halogens is 1. The predicted octanol–water partition coefficient (Wildman–Crippen LogP) is 1.29. The molecular weight excluding hydrogens is 324 g/mol. The number of hydrogen-bond acceptors (Lipinski definition) is 5. The molecule has 0 atom stereocenters. The van der Waals surface area contributed by atoms with Crippen molar-refractivity contribution in [2.45, 2.75) is 5.03 Å². The van der Waals surface area contributed by atoms with Crippen molar-refractivity contribution in [1.82, 2.24) is 9.38 Å². The van der Waals surface area contributed by atoms with Gasteiger partial charge in [-0.05, 0) is 28.1 Å². The first-order valence-electron chi connectivity index (χ1n) is 4.81. The summed E-state index contributed by atoms with van der Waals surface area (Å²) in [6, 6.07) is 3.37. The number of hydrogen-bond donors (Lipinski definition) is 0. The normalized spacial score (nSPS) is 11.7. The number of carbonyl (C=O) groups is 1. The molecule has 0 aromatic carbocycles. The molecule has 0 bridgehead atoms. The average Bonchev–Trinajstić information content (AvgIpc) is 2.68. The van der Waals surface area contributed by atoms with E-state index in [1.807, 2.05) is 0 Å². The van der Waals surface area contributed by atoms with Gasteiger partial charge >= 0.3 is 5.97 Å². The lowest BCUT2D eigenvalue weighted by atomic mass is 10.4. The SMILES string of the molecule is COC(=O)c1c(S(C)(=O)=O)nc2c(Br)cccn12. The number of pyridine rings is 1. The van der Waals surface area contributed by atoms with Crippen molar-refractivity contribution in [1.29, 1.82) is 0 Å². The van der Waals surface area contributed by atoms with Gasteiger partial charge in [0.1, 0.15) is 0 Å². The Bertz CT molecular complexity index is 736. The summed E-state index contributed by atoms with van der Waals surface area (Å²) in [5, 5.41) is -0.291. The highest BCUT2D eigenvalue weighted by atomic mass is 79.9. The molecule has 2 aromatic rings. The first-order chi connectivity index (χ1) is 8.36. The highest BCUT2D eigenvalue weighted by Crippen LogP contribution is 2.23. The van der Waals surface area contributed by atoms with Crippen LogP contribution in [0.4, 0.5) is 0 Å². The van der Waals surface area contributed by atoms with Gasteiger partial charge in [0.05, 0.1) is 11.6 Å². The van der Waals surface area contributed by atoms with E-state index < -0.39 is 15.8 Å². The van der Waals surface area contributed by atoms with E-state index in [0.29, 0.717) is 10.1 Å². The number of esters is 1. The molecule has 0 aliphatic carbocycles. The first kappa shape index (κ1) is 13.0. The third kappa shape index (κ3) is 2.01. The Labute approximate surface area is 112 Å². The summed E-state index contributed by atoms with van der Waals surface area (Å²) in [4.78, 5) is 15.7. The third-order valence-electron chi connectivity index (χ3n) is 2.30. The molecule has 2 aromatic heterocycles. The number of imidazole rings is 1. The lowest BCUT2D eigenvalue weighted by molar-refractivity contribution is 0.0588. The molecule has 0 radical (unpaired) electrons. The van der Waals surface area contributed by atoms with Crippen LogP contribution in [0.5, 0.6) is 0 Å². The van der Waals surface area contributed by atoms with Crippen molar-refractivity contribution in [3.63, 3.8) is 0 Å². The highest BCUT2D eigenvalue weighted by Gasteiger charge is 2.27. The van der Waals surface area contributed by atoms with Crippen LogP contribution in [0.25, 0.3) is 5.65 Å². The Morgan fingerprint density at radius 1 is 1.50 bits per heavy atom. The van der Waals surface area contributed by atoms with Crippen LogP contribution in [-0.2, 0) is 14.6 Å². The minimum atomic E-state index is -3.62. The van der Waals surface area contributed by atoms with Crippen LogP contribution in [0.1, 0.15) is 10.5 Å². The lowest BCUT2D eigenvalue weighted by Crippen LogP contribution is -2.11. The largest absolute Gasteiger partial charge is 0.464 e.